The van der Waals surface area contributed by atoms with Gasteiger partial charge in [-0.05, 0) is 37.1 Å². The van der Waals surface area contributed by atoms with Gasteiger partial charge in [0.25, 0.3) is 5.91 Å². The third-order valence-electron chi connectivity index (χ3n) is 5.12. The van der Waals surface area contributed by atoms with Gasteiger partial charge < -0.3 is 24.4 Å². The van der Waals surface area contributed by atoms with Crippen molar-refractivity contribution in [2.45, 2.75) is 25.3 Å². The summed E-state index contributed by atoms with van der Waals surface area (Å²) in [5.74, 6) is 1.80. The summed E-state index contributed by atoms with van der Waals surface area (Å²) in [4.78, 5) is 26.9. The van der Waals surface area contributed by atoms with E-state index in [4.69, 9.17) is 14.2 Å². The SMILES string of the molecule is COc1cc(OC)cc(C(=O)NC2CCN(C(=O)CCOc3ccccc3)CC2)c1. The highest BCUT2D eigenvalue weighted by molar-refractivity contribution is 5.95. The lowest BCUT2D eigenvalue weighted by Crippen LogP contribution is -2.46. The first kappa shape index (κ1) is 21.5. The molecule has 1 fully saturated rings. The molecule has 0 spiro atoms. The molecule has 0 aliphatic carbocycles. The minimum atomic E-state index is -0.173. The lowest BCUT2D eigenvalue weighted by Gasteiger charge is -2.32. The van der Waals surface area contributed by atoms with Crippen molar-refractivity contribution in [3.63, 3.8) is 0 Å². The second-order valence-corrected chi connectivity index (χ2v) is 7.14. The molecule has 0 unspecified atom stereocenters. The molecule has 1 aliphatic rings. The van der Waals surface area contributed by atoms with Gasteiger partial charge in [-0.15, -0.1) is 0 Å². The minimum absolute atomic E-state index is 0.0271. The van der Waals surface area contributed by atoms with Crippen LogP contribution < -0.4 is 19.5 Å². The highest BCUT2D eigenvalue weighted by Crippen LogP contribution is 2.23. The number of ether oxygens (including phenoxy) is 3. The summed E-state index contributed by atoms with van der Waals surface area (Å²) < 4.78 is 16.1. The fourth-order valence-electron chi connectivity index (χ4n) is 3.41. The maximum absolute atomic E-state index is 12.6. The maximum Gasteiger partial charge on any atom is 0.251 e. The molecule has 30 heavy (non-hydrogen) atoms. The molecule has 0 aromatic heterocycles. The van der Waals surface area contributed by atoms with Crippen LogP contribution in [0.3, 0.4) is 0 Å². The van der Waals surface area contributed by atoms with Crippen molar-refractivity contribution in [1.29, 1.82) is 0 Å². The van der Waals surface area contributed by atoms with Crippen LogP contribution in [0.25, 0.3) is 0 Å². The summed E-state index contributed by atoms with van der Waals surface area (Å²) >= 11 is 0. The molecule has 7 nitrogen and oxygen atoms in total. The molecule has 1 heterocycles. The predicted octanol–water partition coefficient (Wildman–Crippen LogP) is 2.89. The minimum Gasteiger partial charge on any atom is -0.497 e. The van der Waals surface area contributed by atoms with Gasteiger partial charge in [-0.2, -0.15) is 0 Å². The molecule has 2 aromatic carbocycles. The van der Waals surface area contributed by atoms with Crippen molar-refractivity contribution in [1.82, 2.24) is 10.2 Å². The summed E-state index contributed by atoms with van der Waals surface area (Å²) in [5.41, 5.74) is 0.489. The topological polar surface area (TPSA) is 77.1 Å². The van der Waals surface area contributed by atoms with Crippen LogP contribution in [0.4, 0.5) is 0 Å². The predicted molar refractivity (Wildman–Crippen MR) is 113 cm³/mol. The van der Waals surface area contributed by atoms with Crippen molar-refractivity contribution in [2.24, 2.45) is 0 Å². The number of carbonyl (C=O) groups is 2. The molecule has 2 aromatic rings. The Hall–Kier alpha value is -3.22. The average Bonchev–Trinajstić information content (AvgIpc) is 2.79. The van der Waals surface area contributed by atoms with E-state index < -0.39 is 0 Å². The molecule has 160 valence electrons. The number of methoxy groups -OCH3 is 2. The first-order chi connectivity index (χ1) is 14.6. The largest absolute Gasteiger partial charge is 0.497 e. The van der Waals surface area contributed by atoms with Crippen molar-refractivity contribution in [2.75, 3.05) is 33.9 Å². The Morgan fingerprint density at radius 3 is 2.20 bits per heavy atom. The highest BCUT2D eigenvalue weighted by Gasteiger charge is 2.24. The van der Waals surface area contributed by atoms with Crippen LogP contribution in [-0.2, 0) is 4.79 Å². The number of nitrogens with zero attached hydrogens (tertiary/aromatic N) is 1. The molecule has 7 heteroatoms. The molecule has 0 bridgehead atoms. The van der Waals surface area contributed by atoms with E-state index in [-0.39, 0.29) is 17.9 Å². The summed E-state index contributed by atoms with van der Waals surface area (Å²) in [6, 6.07) is 14.6. The van der Waals surface area contributed by atoms with Crippen LogP contribution in [-0.4, -0.2) is 56.7 Å². The monoisotopic (exact) mass is 412 g/mol. The zero-order chi connectivity index (χ0) is 21.3. The summed E-state index contributed by atoms with van der Waals surface area (Å²) in [5, 5.41) is 3.05. The molecule has 3 rings (SSSR count). The van der Waals surface area contributed by atoms with E-state index >= 15 is 0 Å². The van der Waals surface area contributed by atoms with Crippen LogP contribution in [0, 0.1) is 0 Å². The zero-order valence-corrected chi connectivity index (χ0v) is 17.4. The Labute approximate surface area is 176 Å². The van der Waals surface area contributed by atoms with Crippen LogP contribution in [0.5, 0.6) is 17.2 Å². The Morgan fingerprint density at radius 1 is 0.967 bits per heavy atom. The molecule has 0 radical (unpaired) electrons. The van der Waals surface area contributed by atoms with Crippen LogP contribution >= 0.6 is 0 Å². The number of hydrogen-bond donors (Lipinski definition) is 1. The lowest BCUT2D eigenvalue weighted by atomic mass is 10.0. The molecular formula is C23H28N2O5. The lowest BCUT2D eigenvalue weighted by molar-refractivity contribution is -0.132. The van der Waals surface area contributed by atoms with Crippen molar-refractivity contribution >= 4 is 11.8 Å². The Balaban J connectivity index is 1.44. The normalized spacial score (nSPS) is 14.1. The number of para-hydroxylation sites is 1. The van der Waals surface area contributed by atoms with E-state index in [9.17, 15) is 9.59 Å². The second-order valence-electron chi connectivity index (χ2n) is 7.14. The van der Waals surface area contributed by atoms with Gasteiger partial charge in [0, 0.05) is 30.8 Å². The van der Waals surface area contributed by atoms with Gasteiger partial charge in [-0.25, -0.2) is 0 Å². The molecule has 0 saturated carbocycles. The fourth-order valence-corrected chi connectivity index (χ4v) is 3.41. The van der Waals surface area contributed by atoms with E-state index in [1.54, 1.807) is 32.4 Å². The van der Waals surface area contributed by atoms with Crippen LogP contribution in [0.2, 0.25) is 0 Å². The molecule has 1 N–H and O–H groups in total. The van der Waals surface area contributed by atoms with Crippen molar-refractivity contribution < 1.29 is 23.8 Å². The highest BCUT2D eigenvalue weighted by atomic mass is 16.5. The Bertz CT molecular complexity index is 826. The number of piperidine rings is 1. The molecule has 1 aliphatic heterocycles. The third-order valence-corrected chi connectivity index (χ3v) is 5.12. The van der Waals surface area contributed by atoms with Gasteiger partial charge in [0.05, 0.1) is 27.2 Å². The van der Waals surface area contributed by atoms with Gasteiger partial charge in [0.2, 0.25) is 5.91 Å². The van der Waals surface area contributed by atoms with E-state index in [1.165, 1.54) is 0 Å². The summed E-state index contributed by atoms with van der Waals surface area (Å²) in [6.45, 7) is 1.60. The first-order valence-corrected chi connectivity index (χ1v) is 10.1. The number of rotatable bonds is 8. The Kier molecular flexibility index (Phi) is 7.54. The second kappa shape index (κ2) is 10.5. The summed E-state index contributed by atoms with van der Waals surface area (Å²) in [7, 11) is 3.10. The van der Waals surface area contributed by atoms with Crippen LogP contribution in [0.15, 0.2) is 48.5 Å². The first-order valence-electron chi connectivity index (χ1n) is 10.1. The van der Waals surface area contributed by atoms with Gasteiger partial charge in [-0.1, -0.05) is 18.2 Å². The van der Waals surface area contributed by atoms with E-state index in [2.05, 4.69) is 5.32 Å². The molecule has 2 amide bonds. The van der Waals surface area contributed by atoms with E-state index in [1.807, 2.05) is 35.2 Å². The van der Waals surface area contributed by atoms with Crippen molar-refractivity contribution in [3.8, 4) is 17.2 Å². The van der Waals surface area contributed by atoms with Gasteiger partial charge >= 0.3 is 0 Å². The smallest absolute Gasteiger partial charge is 0.251 e. The number of amides is 2. The van der Waals surface area contributed by atoms with Gasteiger partial charge in [0.15, 0.2) is 0 Å². The fraction of sp³-hybridized carbons (Fsp3) is 0.391. The zero-order valence-electron chi connectivity index (χ0n) is 17.4. The number of hydrogen-bond acceptors (Lipinski definition) is 5. The number of nitrogens with one attached hydrogen (secondary N) is 1. The average molecular weight is 412 g/mol. The summed E-state index contributed by atoms with van der Waals surface area (Å²) in [6.07, 6.45) is 1.78. The van der Waals surface area contributed by atoms with Gasteiger partial charge in [0.1, 0.15) is 17.2 Å². The van der Waals surface area contributed by atoms with Crippen LogP contribution in [0.1, 0.15) is 29.6 Å². The van der Waals surface area contributed by atoms with Crippen molar-refractivity contribution in [3.05, 3.63) is 54.1 Å². The third kappa shape index (κ3) is 5.89. The molecule has 0 atom stereocenters. The molecule has 1 saturated heterocycles. The maximum atomic E-state index is 12.6. The van der Waals surface area contributed by atoms with E-state index in [0.717, 1.165) is 18.6 Å². The standard InChI is InChI=1S/C23H28N2O5/c1-28-20-14-17(15-21(16-20)29-2)23(27)24-18-8-11-25(12-9-18)22(26)10-13-30-19-6-4-3-5-7-19/h3-7,14-16,18H,8-13H2,1-2H3,(H,24,27). The quantitative estimate of drug-likeness (QED) is 0.721. The van der Waals surface area contributed by atoms with Gasteiger partial charge in [-0.3, -0.25) is 9.59 Å². The number of likely N-dealkylation sites (tertiary alicyclic amines) is 1. The molecular weight excluding hydrogens is 384 g/mol. The van der Waals surface area contributed by atoms with E-state index in [0.29, 0.717) is 43.2 Å². The Morgan fingerprint density at radius 2 is 1.60 bits per heavy atom. The number of carbonyl (C=O) groups excluding carboxylic acids is 2. The number of benzene rings is 2.